The van der Waals surface area contributed by atoms with Gasteiger partial charge < -0.3 is 10.1 Å². The van der Waals surface area contributed by atoms with E-state index in [-0.39, 0.29) is 24.0 Å². The number of rotatable bonds is 4. The lowest BCUT2D eigenvalue weighted by atomic mass is 10.3. The van der Waals surface area contributed by atoms with Gasteiger partial charge >= 0.3 is 0 Å². The third-order valence-corrected chi connectivity index (χ3v) is 2.62. The molecule has 0 aliphatic carbocycles. The van der Waals surface area contributed by atoms with Crippen LogP contribution in [0.15, 0.2) is 42.6 Å². The first-order valence-corrected chi connectivity index (χ1v) is 6.10. The van der Waals surface area contributed by atoms with Crippen molar-refractivity contribution < 1.29 is 9.53 Å². The Morgan fingerprint density at radius 3 is 2.80 bits per heavy atom. The largest absolute Gasteiger partial charge is 0.481 e. The molecular weight excluding hydrogens is 278 g/mol. The second kappa shape index (κ2) is 6.55. The summed E-state index contributed by atoms with van der Waals surface area (Å²) in [6.07, 6.45) is 1.49. The van der Waals surface area contributed by atoms with Gasteiger partial charge in [0.15, 0.2) is 18.1 Å². The SMILES string of the molecule is N#Cc1ncccc1OCC(=O)Nc1ccc(Cl)cc1. The van der Waals surface area contributed by atoms with E-state index in [9.17, 15) is 4.79 Å². The van der Waals surface area contributed by atoms with Crippen molar-refractivity contribution in [2.45, 2.75) is 0 Å². The minimum Gasteiger partial charge on any atom is -0.481 e. The maximum Gasteiger partial charge on any atom is 0.262 e. The van der Waals surface area contributed by atoms with Crippen LogP contribution in [0.4, 0.5) is 5.69 Å². The van der Waals surface area contributed by atoms with E-state index < -0.39 is 0 Å². The van der Waals surface area contributed by atoms with Crippen molar-refractivity contribution in [1.29, 1.82) is 5.26 Å². The summed E-state index contributed by atoms with van der Waals surface area (Å²) in [5.41, 5.74) is 0.765. The molecule has 0 atom stereocenters. The zero-order valence-electron chi connectivity index (χ0n) is 10.3. The fourth-order valence-corrected chi connectivity index (χ4v) is 1.59. The van der Waals surface area contributed by atoms with Crippen molar-refractivity contribution in [3.05, 3.63) is 53.3 Å². The quantitative estimate of drug-likeness (QED) is 0.938. The number of anilines is 1. The molecule has 1 aromatic carbocycles. The van der Waals surface area contributed by atoms with E-state index in [1.54, 1.807) is 36.4 Å². The van der Waals surface area contributed by atoms with Crippen LogP contribution in [0.25, 0.3) is 0 Å². The van der Waals surface area contributed by atoms with Crippen LogP contribution < -0.4 is 10.1 Å². The highest BCUT2D eigenvalue weighted by Gasteiger charge is 2.07. The highest BCUT2D eigenvalue weighted by Crippen LogP contribution is 2.15. The fourth-order valence-electron chi connectivity index (χ4n) is 1.46. The lowest BCUT2D eigenvalue weighted by molar-refractivity contribution is -0.118. The van der Waals surface area contributed by atoms with E-state index in [0.29, 0.717) is 10.7 Å². The molecule has 100 valence electrons. The smallest absolute Gasteiger partial charge is 0.262 e. The van der Waals surface area contributed by atoms with E-state index in [0.717, 1.165) is 0 Å². The third-order valence-electron chi connectivity index (χ3n) is 2.36. The number of nitriles is 1. The van der Waals surface area contributed by atoms with Crippen LogP contribution in [0.3, 0.4) is 0 Å². The number of carbonyl (C=O) groups is 1. The lowest BCUT2D eigenvalue weighted by Gasteiger charge is -2.08. The van der Waals surface area contributed by atoms with Gasteiger partial charge in [0.25, 0.3) is 5.91 Å². The van der Waals surface area contributed by atoms with Crippen LogP contribution in [-0.4, -0.2) is 17.5 Å². The molecule has 0 fully saturated rings. The molecule has 0 spiro atoms. The summed E-state index contributed by atoms with van der Waals surface area (Å²) in [7, 11) is 0. The van der Waals surface area contributed by atoms with Gasteiger partial charge in [0, 0.05) is 16.9 Å². The second-order valence-corrected chi connectivity index (χ2v) is 4.24. The number of ether oxygens (including phenoxy) is 1. The van der Waals surface area contributed by atoms with Crippen molar-refractivity contribution in [2.24, 2.45) is 0 Å². The molecule has 0 radical (unpaired) electrons. The number of aromatic nitrogens is 1. The van der Waals surface area contributed by atoms with Gasteiger partial charge in [-0.25, -0.2) is 4.98 Å². The van der Waals surface area contributed by atoms with E-state index >= 15 is 0 Å². The van der Waals surface area contributed by atoms with Gasteiger partial charge in [0.2, 0.25) is 0 Å². The monoisotopic (exact) mass is 287 g/mol. The first-order chi connectivity index (χ1) is 9.69. The Balaban J connectivity index is 1.92. The fraction of sp³-hybridized carbons (Fsp3) is 0.0714. The number of halogens is 1. The molecule has 2 rings (SSSR count). The average molecular weight is 288 g/mol. The molecule has 0 aliphatic heterocycles. The molecule has 0 saturated heterocycles. The van der Waals surface area contributed by atoms with Crippen molar-refractivity contribution in [3.63, 3.8) is 0 Å². The average Bonchev–Trinajstić information content (AvgIpc) is 2.48. The Morgan fingerprint density at radius 1 is 1.35 bits per heavy atom. The zero-order chi connectivity index (χ0) is 14.4. The van der Waals surface area contributed by atoms with Crippen molar-refractivity contribution in [1.82, 2.24) is 4.98 Å². The molecule has 6 heteroatoms. The normalized spacial score (nSPS) is 9.60. The number of pyridine rings is 1. The molecule has 1 amide bonds. The van der Waals surface area contributed by atoms with Crippen molar-refractivity contribution in [3.8, 4) is 11.8 Å². The molecule has 0 aliphatic rings. The van der Waals surface area contributed by atoms with Gasteiger partial charge in [-0.05, 0) is 36.4 Å². The van der Waals surface area contributed by atoms with Gasteiger partial charge in [0.05, 0.1) is 0 Å². The standard InChI is InChI=1S/C14H10ClN3O2/c15-10-3-5-11(6-4-10)18-14(19)9-20-13-2-1-7-17-12(13)8-16/h1-7H,9H2,(H,18,19). The maximum absolute atomic E-state index is 11.7. The van der Waals surface area contributed by atoms with Gasteiger partial charge in [0.1, 0.15) is 6.07 Å². The Morgan fingerprint density at radius 2 is 2.10 bits per heavy atom. The van der Waals surface area contributed by atoms with Crippen LogP contribution in [0.5, 0.6) is 5.75 Å². The molecule has 0 saturated carbocycles. The topological polar surface area (TPSA) is 75.0 Å². The van der Waals surface area contributed by atoms with Gasteiger partial charge in [-0.15, -0.1) is 0 Å². The van der Waals surface area contributed by atoms with Crippen molar-refractivity contribution in [2.75, 3.05) is 11.9 Å². The first-order valence-electron chi connectivity index (χ1n) is 5.72. The molecule has 1 N–H and O–H groups in total. The third kappa shape index (κ3) is 3.70. The van der Waals surface area contributed by atoms with E-state index in [2.05, 4.69) is 10.3 Å². The predicted octanol–water partition coefficient (Wildman–Crippen LogP) is 2.62. The number of carbonyl (C=O) groups excluding carboxylic acids is 1. The van der Waals surface area contributed by atoms with E-state index in [4.69, 9.17) is 21.6 Å². The van der Waals surface area contributed by atoms with Crippen LogP contribution in [0, 0.1) is 11.3 Å². The summed E-state index contributed by atoms with van der Waals surface area (Å²) in [6.45, 7) is -0.205. The summed E-state index contributed by atoms with van der Waals surface area (Å²) >= 11 is 5.75. The number of amides is 1. The van der Waals surface area contributed by atoms with E-state index in [1.807, 2.05) is 6.07 Å². The zero-order valence-corrected chi connectivity index (χ0v) is 11.1. The number of nitrogens with zero attached hydrogens (tertiary/aromatic N) is 2. The Bertz CT molecular complexity index is 650. The molecule has 2 aromatic rings. The van der Waals surface area contributed by atoms with Crippen LogP contribution in [0.2, 0.25) is 5.02 Å². The lowest BCUT2D eigenvalue weighted by Crippen LogP contribution is -2.20. The van der Waals surface area contributed by atoms with Crippen LogP contribution in [-0.2, 0) is 4.79 Å². The Labute approximate surface area is 120 Å². The summed E-state index contributed by atoms with van der Waals surface area (Å²) in [5.74, 6) is -0.0543. The maximum atomic E-state index is 11.7. The van der Waals surface area contributed by atoms with Crippen LogP contribution >= 0.6 is 11.6 Å². The predicted molar refractivity (Wildman–Crippen MR) is 74.5 cm³/mol. The summed E-state index contributed by atoms with van der Waals surface area (Å²) < 4.78 is 5.26. The summed E-state index contributed by atoms with van der Waals surface area (Å²) in [5, 5.41) is 12.1. The van der Waals surface area contributed by atoms with Crippen molar-refractivity contribution >= 4 is 23.2 Å². The molecule has 20 heavy (non-hydrogen) atoms. The molecule has 0 bridgehead atoms. The van der Waals surface area contributed by atoms with Gasteiger partial charge in [-0.3, -0.25) is 4.79 Å². The van der Waals surface area contributed by atoms with Crippen LogP contribution in [0.1, 0.15) is 5.69 Å². The molecule has 1 aromatic heterocycles. The second-order valence-electron chi connectivity index (χ2n) is 3.81. The minimum atomic E-state index is -0.333. The van der Waals surface area contributed by atoms with Gasteiger partial charge in [-0.2, -0.15) is 5.26 Å². The van der Waals surface area contributed by atoms with E-state index in [1.165, 1.54) is 6.20 Å². The highest BCUT2D eigenvalue weighted by atomic mass is 35.5. The molecule has 5 nitrogen and oxygen atoms in total. The minimum absolute atomic E-state index is 0.145. The molecular formula is C14H10ClN3O2. The molecule has 0 unspecified atom stereocenters. The number of hydrogen-bond acceptors (Lipinski definition) is 4. The Hall–Kier alpha value is -2.58. The summed E-state index contributed by atoms with van der Waals surface area (Å²) in [6, 6.07) is 11.8. The highest BCUT2D eigenvalue weighted by molar-refractivity contribution is 6.30. The summed E-state index contributed by atoms with van der Waals surface area (Å²) in [4.78, 5) is 15.5. The Kier molecular flexibility index (Phi) is 4.53. The van der Waals surface area contributed by atoms with Gasteiger partial charge in [-0.1, -0.05) is 11.6 Å². The number of hydrogen-bond donors (Lipinski definition) is 1. The molecule has 1 heterocycles. The number of benzene rings is 1. The number of nitrogens with one attached hydrogen (secondary N) is 1. The first kappa shape index (κ1) is 13.8.